The summed E-state index contributed by atoms with van der Waals surface area (Å²) in [5.74, 6) is -0.777. The molecule has 1 spiro atoms. The monoisotopic (exact) mass is 305 g/mol. The lowest BCUT2D eigenvalue weighted by atomic mass is 9.80. The number of likely N-dealkylation sites (N-methyl/N-ethyl adjacent to an activating group) is 1. The second-order valence-electron chi connectivity index (χ2n) is 6.22. The summed E-state index contributed by atoms with van der Waals surface area (Å²) in [6.45, 7) is 1.08. The standard InChI is InChI=1S/C16H20FN3O2/c1-19-14(21)4-2-6-16(19)7-3-9-20(11-16)15(22)12-5-8-18-10-13(12)17/h5,8,10H,2-4,6-7,9,11H2,1H3/t16-/m0/s1. The third-order valence-electron chi connectivity index (χ3n) is 4.96. The Kier molecular flexibility index (Phi) is 3.85. The Balaban J connectivity index is 1.83. The van der Waals surface area contributed by atoms with Crippen molar-refractivity contribution in [1.29, 1.82) is 0 Å². The van der Waals surface area contributed by atoms with Gasteiger partial charge in [-0.25, -0.2) is 4.39 Å². The van der Waals surface area contributed by atoms with E-state index in [1.54, 1.807) is 9.80 Å². The first-order valence-corrected chi connectivity index (χ1v) is 7.69. The summed E-state index contributed by atoms with van der Waals surface area (Å²) >= 11 is 0. The van der Waals surface area contributed by atoms with Crippen LogP contribution in [-0.2, 0) is 4.79 Å². The summed E-state index contributed by atoms with van der Waals surface area (Å²) in [6, 6.07) is 1.41. The fraction of sp³-hybridized carbons (Fsp3) is 0.562. The predicted molar refractivity (Wildman–Crippen MR) is 78.7 cm³/mol. The summed E-state index contributed by atoms with van der Waals surface area (Å²) in [5.41, 5.74) is -0.232. The average molecular weight is 305 g/mol. The normalized spacial score (nSPS) is 25.6. The summed E-state index contributed by atoms with van der Waals surface area (Å²) < 4.78 is 13.8. The van der Waals surface area contributed by atoms with Crippen molar-refractivity contribution in [2.45, 2.75) is 37.6 Å². The molecule has 6 heteroatoms. The topological polar surface area (TPSA) is 53.5 Å². The van der Waals surface area contributed by atoms with Crippen LogP contribution in [0.1, 0.15) is 42.5 Å². The molecule has 118 valence electrons. The molecule has 3 rings (SSSR count). The summed E-state index contributed by atoms with van der Waals surface area (Å²) in [7, 11) is 1.82. The second kappa shape index (κ2) is 5.66. The molecule has 0 radical (unpaired) electrons. The quantitative estimate of drug-likeness (QED) is 0.795. The number of likely N-dealkylation sites (tertiary alicyclic amines) is 2. The van der Waals surface area contributed by atoms with Gasteiger partial charge in [0.2, 0.25) is 5.91 Å². The Morgan fingerprint density at radius 2 is 2.14 bits per heavy atom. The van der Waals surface area contributed by atoms with Crippen LogP contribution in [-0.4, -0.2) is 52.3 Å². The Labute approximate surface area is 129 Å². The van der Waals surface area contributed by atoms with Gasteiger partial charge < -0.3 is 9.80 Å². The van der Waals surface area contributed by atoms with E-state index in [1.165, 1.54) is 12.3 Å². The lowest BCUT2D eigenvalue weighted by Crippen LogP contribution is -2.61. The number of aromatic nitrogens is 1. The Morgan fingerprint density at radius 3 is 2.91 bits per heavy atom. The Morgan fingerprint density at radius 1 is 1.36 bits per heavy atom. The zero-order valence-corrected chi connectivity index (χ0v) is 12.7. The van der Waals surface area contributed by atoms with Crippen LogP contribution in [0.3, 0.4) is 0 Å². The molecule has 1 atom stereocenters. The van der Waals surface area contributed by atoms with Crippen LogP contribution in [0.15, 0.2) is 18.5 Å². The molecule has 2 aliphatic rings. The molecule has 1 aromatic rings. The number of nitrogens with zero attached hydrogens (tertiary/aromatic N) is 3. The summed E-state index contributed by atoms with van der Waals surface area (Å²) in [5, 5.41) is 0. The van der Waals surface area contributed by atoms with Crippen molar-refractivity contribution in [2.24, 2.45) is 0 Å². The number of carbonyl (C=O) groups is 2. The molecule has 2 fully saturated rings. The molecule has 3 heterocycles. The van der Waals surface area contributed by atoms with Crippen LogP contribution in [0.4, 0.5) is 4.39 Å². The van der Waals surface area contributed by atoms with Gasteiger partial charge in [0.1, 0.15) is 0 Å². The van der Waals surface area contributed by atoms with E-state index in [4.69, 9.17) is 0 Å². The molecule has 0 unspecified atom stereocenters. The molecule has 1 aromatic heterocycles. The van der Waals surface area contributed by atoms with E-state index in [1.807, 2.05) is 7.05 Å². The maximum absolute atomic E-state index is 13.8. The summed E-state index contributed by atoms with van der Waals surface area (Å²) in [4.78, 5) is 31.8. The molecule has 2 amide bonds. The smallest absolute Gasteiger partial charge is 0.257 e. The van der Waals surface area contributed by atoms with Crippen molar-refractivity contribution in [3.63, 3.8) is 0 Å². The lowest BCUT2D eigenvalue weighted by Gasteiger charge is -2.50. The fourth-order valence-electron chi connectivity index (χ4n) is 3.65. The van der Waals surface area contributed by atoms with Crippen molar-refractivity contribution < 1.29 is 14.0 Å². The number of amides is 2. The highest BCUT2D eigenvalue weighted by Gasteiger charge is 2.44. The van der Waals surface area contributed by atoms with Gasteiger partial charge in [-0.3, -0.25) is 14.6 Å². The summed E-state index contributed by atoms with van der Waals surface area (Å²) in [6.07, 6.45) is 6.54. The molecule has 0 N–H and O–H groups in total. The first-order valence-electron chi connectivity index (χ1n) is 7.69. The van der Waals surface area contributed by atoms with Gasteiger partial charge in [-0.05, 0) is 31.7 Å². The third kappa shape index (κ3) is 2.46. The minimum absolute atomic E-state index is 0.0526. The number of hydrogen-bond donors (Lipinski definition) is 0. The molecule has 0 bridgehead atoms. The van der Waals surface area contributed by atoms with Crippen LogP contribution in [0.5, 0.6) is 0 Å². The van der Waals surface area contributed by atoms with E-state index in [-0.39, 0.29) is 22.9 Å². The van der Waals surface area contributed by atoms with Crippen LogP contribution in [0.2, 0.25) is 0 Å². The van der Waals surface area contributed by atoms with Crippen molar-refractivity contribution >= 4 is 11.8 Å². The van der Waals surface area contributed by atoms with Crippen molar-refractivity contribution in [2.75, 3.05) is 20.1 Å². The molecular weight excluding hydrogens is 285 g/mol. The van der Waals surface area contributed by atoms with Crippen LogP contribution in [0.25, 0.3) is 0 Å². The van der Waals surface area contributed by atoms with Crippen molar-refractivity contribution in [3.05, 3.63) is 29.8 Å². The van der Waals surface area contributed by atoms with E-state index in [0.717, 1.165) is 31.9 Å². The van der Waals surface area contributed by atoms with E-state index >= 15 is 0 Å². The van der Waals surface area contributed by atoms with Gasteiger partial charge in [0.05, 0.1) is 17.3 Å². The number of pyridine rings is 1. The van der Waals surface area contributed by atoms with Crippen LogP contribution >= 0.6 is 0 Å². The van der Waals surface area contributed by atoms with Crippen LogP contribution in [0, 0.1) is 5.82 Å². The number of rotatable bonds is 1. The van der Waals surface area contributed by atoms with E-state index < -0.39 is 5.82 Å². The second-order valence-corrected chi connectivity index (χ2v) is 6.22. The van der Waals surface area contributed by atoms with Crippen LogP contribution < -0.4 is 0 Å². The Hall–Kier alpha value is -1.98. The number of carbonyl (C=O) groups excluding carboxylic acids is 2. The maximum Gasteiger partial charge on any atom is 0.257 e. The Bertz CT molecular complexity index is 603. The number of piperidine rings is 2. The molecule has 2 saturated heterocycles. The fourth-order valence-corrected chi connectivity index (χ4v) is 3.65. The minimum atomic E-state index is -0.597. The van der Waals surface area contributed by atoms with Crippen molar-refractivity contribution in [3.8, 4) is 0 Å². The molecule has 22 heavy (non-hydrogen) atoms. The highest BCUT2D eigenvalue weighted by Crippen LogP contribution is 2.36. The molecule has 2 aliphatic heterocycles. The molecule has 0 aromatic carbocycles. The zero-order chi connectivity index (χ0) is 15.7. The van der Waals surface area contributed by atoms with Gasteiger partial charge in [0.15, 0.2) is 5.82 Å². The van der Waals surface area contributed by atoms with E-state index in [2.05, 4.69) is 4.98 Å². The van der Waals surface area contributed by atoms with E-state index in [0.29, 0.717) is 19.5 Å². The predicted octanol–water partition coefficient (Wildman–Crippen LogP) is 1.84. The van der Waals surface area contributed by atoms with Gasteiger partial charge in [0, 0.05) is 32.8 Å². The molecular formula is C16H20FN3O2. The van der Waals surface area contributed by atoms with Gasteiger partial charge in [-0.1, -0.05) is 0 Å². The van der Waals surface area contributed by atoms with E-state index in [9.17, 15) is 14.0 Å². The van der Waals surface area contributed by atoms with Gasteiger partial charge in [-0.15, -0.1) is 0 Å². The third-order valence-corrected chi connectivity index (χ3v) is 4.96. The average Bonchev–Trinajstić information content (AvgIpc) is 2.53. The van der Waals surface area contributed by atoms with Gasteiger partial charge in [-0.2, -0.15) is 0 Å². The highest BCUT2D eigenvalue weighted by atomic mass is 19.1. The molecule has 0 saturated carbocycles. The minimum Gasteiger partial charge on any atom is -0.338 e. The maximum atomic E-state index is 13.8. The van der Waals surface area contributed by atoms with Gasteiger partial charge >= 0.3 is 0 Å². The van der Waals surface area contributed by atoms with Crippen molar-refractivity contribution in [1.82, 2.24) is 14.8 Å². The molecule has 5 nitrogen and oxygen atoms in total. The molecule has 0 aliphatic carbocycles. The first-order chi connectivity index (χ1) is 10.5. The lowest BCUT2D eigenvalue weighted by molar-refractivity contribution is -0.142. The van der Waals surface area contributed by atoms with Gasteiger partial charge in [0.25, 0.3) is 5.91 Å². The first kappa shape index (κ1) is 14.9. The zero-order valence-electron chi connectivity index (χ0n) is 12.7. The highest BCUT2D eigenvalue weighted by molar-refractivity contribution is 5.94. The largest absolute Gasteiger partial charge is 0.338 e. The number of halogens is 1. The SMILES string of the molecule is CN1C(=O)CCC[C@@]12CCCN(C(=O)c1ccncc1F)C2. The number of hydrogen-bond acceptors (Lipinski definition) is 3.